The molecule has 2 rings (SSSR count). The monoisotopic (exact) mass is 226 g/mol. The van der Waals surface area contributed by atoms with Gasteiger partial charge < -0.3 is 5.32 Å². The number of anilines is 1. The summed E-state index contributed by atoms with van der Waals surface area (Å²) in [5, 5.41) is 3.41. The summed E-state index contributed by atoms with van der Waals surface area (Å²) in [4.78, 5) is 4.28. The van der Waals surface area contributed by atoms with Crippen LogP contribution in [0.3, 0.4) is 0 Å². The van der Waals surface area contributed by atoms with Gasteiger partial charge in [0.05, 0.1) is 0 Å². The number of benzene rings is 1. The average Bonchev–Trinajstić information content (AvgIpc) is 2.33. The first kappa shape index (κ1) is 11.6. The summed E-state index contributed by atoms with van der Waals surface area (Å²) >= 11 is 0. The van der Waals surface area contributed by atoms with Crippen LogP contribution in [-0.2, 0) is 6.54 Å². The Morgan fingerprint density at radius 1 is 1.00 bits per heavy atom. The highest BCUT2D eigenvalue weighted by Gasteiger charge is 1.97. The van der Waals surface area contributed by atoms with Crippen molar-refractivity contribution in [3.05, 3.63) is 58.9 Å². The van der Waals surface area contributed by atoms with Crippen molar-refractivity contribution in [1.82, 2.24) is 4.98 Å². The van der Waals surface area contributed by atoms with Crippen LogP contribution in [0.2, 0.25) is 0 Å². The lowest BCUT2D eigenvalue weighted by Gasteiger charge is -2.08. The van der Waals surface area contributed by atoms with Crippen LogP contribution in [0.1, 0.15) is 22.4 Å². The fraction of sp³-hybridized carbons (Fsp3) is 0.267. The fourth-order valence-corrected chi connectivity index (χ4v) is 1.66. The van der Waals surface area contributed by atoms with E-state index in [1.165, 1.54) is 16.7 Å². The van der Waals surface area contributed by atoms with Crippen LogP contribution >= 0.6 is 0 Å². The van der Waals surface area contributed by atoms with E-state index >= 15 is 0 Å². The SMILES string of the molecule is Cc1ccc(CNc2ccc(C)c(C)c2)cn1. The molecule has 0 amide bonds. The first-order valence-corrected chi connectivity index (χ1v) is 5.88. The van der Waals surface area contributed by atoms with Gasteiger partial charge in [0, 0.05) is 24.1 Å². The van der Waals surface area contributed by atoms with Crippen LogP contribution in [0.5, 0.6) is 0 Å². The molecular formula is C15H18N2. The predicted octanol–water partition coefficient (Wildman–Crippen LogP) is 3.62. The summed E-state index contributed by atoms with van der Waals surface area (Å²) in [6.07, 6.45) is 1.92. The maximum Gasteiger partial charge on any atom is 0.0416 e. The van der Waals surface area contributed by atoms with Crippen molar-refractivity contribution in [2.45, 2.75) is 27.3 Å². The summed E-state index contributed by atoms with van der Waals surface area (Å²) in [6.45, 7) is 7.08. The molecule has 0 aliphatic heterocycles. The Labute approximate surface area is 103 Å². The smallest absolute Gasteiger partial charge is 0.0416 e. The molecule has 0 spiro atoms. The largest absolute Gasteiger partial charge is 0.381 e. The third-order valence-corrected chi connectivity index (χ3v) is 2.98. The van der Waals surface area contributed by atoms with E-state index in [-0.39, 0.29) is 0 Å². The van der Waals surface area contributed by atoms with Gasteiger partial charge in [0.15, 0.2) is 0 Å². The molecule has 0 aliphatic carbocycles. The molecule has 1 aromatic carbocycles. The lowest BCUT2D eigenvalue weighted by Crippen LogP contribution is -2.00. The number of nitrogens with one attached hydrogen (secondary N) is 1. The van der Waals surface area contributed by atoms with Crippen molar-refractivity contribution in [3.63, 3.8) is 0 Å². The molecule has 2 heteroatoms. The highest BCUT2D eigenvalue weighted by atomic mass is 14.9. The van der Waals surface area contributed by atoms with Crippen LogP contribution < -0.4 is 5.32 Å². The predicted molar refractivity (Wildman–Crippen MR) is 72.2 cm³/mol. The third kappa shape index (κ3) is 3.06. The molecule has 0 fully saturated rings. The molecule has 1 N–H and O–H groups in total. The molecule has 0 aliphatic rings. The number of aryl methyl sites for hydroxylation is 3. The molecule has 17 heavy (non-hydrogen) atoms. The van der Waals surface area contributed by atoms with Crippen LogP contribution in [0, 0.1) is 20.8 Å². The molecule has 2 aromatic rings. The van der Waals surface area contributed by atoms with Gasteiger partial charge in [0.2, 0.25) is 0 Å². The maximum atomic E-state index is 4.28. The molecule has 2 nitrogen and oxygen atoms in total. The van der Waals surface area contributed by atoms with Crippen molar-refractivity contribution in [2.24, 2.45) is 0 Å². The summed E-state index contributed by atoms with van der Waals surface area (Å²) in [5.41, 5.74) is 6.06. The van der Waals surface area contributed by atoms with E-state index in [1.54, 1.807) is 0 Å². The number of hydrogen-bond acceptors (Lipinski definition) is 2. The standard InChI is InChI=1S/C15H18N2/c1-11-4-7-15(8-12(11)2)17-10-14-6-5-13(3)16-9-14/h4-9,17H,10H2,1-3H3. The topological polar surface area (TPSA) is 24.9 Å². The molecule has 0 saturated carbocycles. The molecule has 0 unspecified atom stereocenters. The van der Waals surface area contributed by atoms with Crippen LogP contribution in [-0.4, -0.2) is 4.98 Å². The molecule has 1 heterocycles. The Hall–Kier alpha value is -1.83. The van der Waals surface area contributed by atoms with Crippen LogP contribution in [0.4, 0.5) is 5.69 Å². The lowest BCUT2D eigenvalue weighted by molar-refractivity contribution is 1.08. The van der Waals surface area contributed by atoms with Crippen LogP contribution in [0.25, 0.3) is 0 Å². The van der Waals surface area contributed by atoms with Gasteiger partial charge >= 0.3 is 0 Å². The van der Waals surface area contributed by atoms with E-state index in [1.807, 2.05) is 19.2 Å². The zero-order valence-electron chi connectivity index (χ0n) is 10.6. The Morgan fingerprint density at radius 3 is 2.47 bits per heavy atom. The Bertz CT molecular complexity index is 501. The average molecular weight is 226 g/mol. The Balaban J connectivity index is 2.02. The van der Waals surface area contributed by atoms with E-state index in [4.69, 9.17) is 0 Å². The number of hydrogen-bond donors (Lipinski definition) is 1. The van der Waals surface area contributed by atoms with Crippen molar-refractivity contribution in [3.8, 4) is 0 Å². The number of aromatic nitrogens is 1. The first-order valence-electron chi connectivity index (χ1n) is 5.88. The second-order valence-corrected chi connectivity index (χ2v) is 4.46. The summed E-state index contributed by atoms with van der Waals surface area (Å²) in [7, 11) is 0. The first-order chi connectivity index (χ1) is 8.15. The maximum absolute atomic E-state index is 4.28. The zero-order valence-corrected chi connectivity index (χ0v) is 10.6. The molecule has 0 atom stereocenters. The second kappa shape index (κ2) is 5.00. The molecule has 0 bridgehead atoms. The van der Waals surface area contributed by atoms with E-state index in [0.29, 0.717) is 0 Å². The van der Waals surface area contributed by atoms with Gasteiger partial charge in [0.1, 0.15) is 0 Å². The van der Waals surface area contributed by atoms with Gasteiger partial charge in [-0.2, -0.15) is 0 Å². The van der Waals surface area contributed by atoms with Crippen molar-refractivity contribution in [2.75, 3.05) is 5.32 Å². The Kier molecular flexibility index (Phi) is 3.43. The van der Waals surface area contributed by atoms with Crippen molar-refractivity contribution < 1.29 is 0 Å². The van der Waals surface area contributed by atoms with Gasteiger partial charge in [-0.15, -0.1) is 0 Å². The van der Waals surface area contributed by atoms with Crippen LogP contribution in [0.15, 0.2) is 36.5 Å². The van der Waals surface area contributed by atoms with E-state index < -0.39 is 0 Å². The lowest BCUT2D eigenvalue weighted by atomic mass is 10.1. The molecule has 0 radical (unpaired) electrons. The normalized spacial score (nSPS) is 10.3. The Morgan fingerprint density at radius 2 is 1.82 bits per heavy atom. The molecular weight excluding hydrogens is 208 g/mol. The van der Waals surface area contributed by atoms with Gasteiger partial charge in [-0.3, -0.25) is 4.98 Å². The van der Waals surface area contributed by atoms with Crippen molar-refractivity contribution >= 4 is 5.69 Å². The van der Waals surface area contributed by atoms with Gasteiger partial charge in [-0.25, -0.2) is 0 Å². The minimum atomic E-state index is 0.815. The summed E-state index contributed by atoms with van der Waals surface area (Å²) < 4.78 is 0. The van der Waals surface area contributed by atoms with Gasteiger partial charge in [-0.05, 0) is 55.7 Å². The zero-order chi connectivity index (χ0) is 12.3. The van der Waals surface area contributed by atoms with E-state index in [9.17, 15) is 0 Å². The summed E-state index contributed by atoms with van der Waals surface area (Å²) in [6, 6.07) is 10.6. The molecule has 1 aromatic heterocycles. The molecule has 0 saturated heterocycles. The number of rotatable bonds is 3. The quantitative estimate of drug-likeness (QED) is 0.864. The van der Waals surface area contributed by atoms with E-state index in [2.05, 4.69) is 48.4 Å². The minimum Gasteiger partial charge on any atom is -0.381 e. The van der Waals surface area contributed by atoms with Gasteiger partial charge in [-0.1, -0.05) is 12.1 Å². The second-order valence-electron chi connectivity index (χ2n) is 4.46. The number of nitrogens with zero attached hydrogens (tertiary/aromatic N) is 1. The molecule has 88 valence electrons. The fourth-order valence-electron chi connectivity index (χ4n) is 1.66. The van der Waals surface area contributed by atoms with E-state index in [0.717, 1.165) is 17.9 Å². The van der Waals surface area contributed by atoms with Gasteiger partial charge in [0.25, 0.3) is 0 Å². The highest BCUT2D eigenvalue weighted by Crippen LogP contribution is 2.15. The number of pyridine rings is 1. The third-order valence-electron chi connectivity index (χ3n) is 2.98. The van der Waals surface area contributed by atoms with Crippen molar-refractivity contribution in [1.29, 1.82) is 0 Å². The minimum absolute atomic E-state index is 0.815. The summed E-state index contributed by atoms with van der Waals surface area (Å²) in [5.74, 6) is 0. The highest BCUT2D eigenvalue weighted by molar-refractivity contribution is 5.48.